The molecule has 0 aliphatic heterocycles. The summed E-state index contributed by atoms with van der Waals surface area (Å²) >= 11 is 0. The fourth-order valence-electron chi connectivity index (χ4n) is 1.20. The van der Waals surface area contributed by atoms with E-state index in [-0.39, 0.29) is 23.2 Å². The Bertz CT molecular complexity index is 335. The van der Waals surface area contributed by atoms with E-state index in [2.05, 4.69) is 0 Å². The number of hydrogen-bond donors (Lipinski definition) is 1. The van der Waals surface area contributed by atoms with Crippen molar-refractivity contribution in [2.75, 3.05) is 0 Å². The SMILES string of the molecule is CC1=C(N)C(=O)C(C(C)C)=CC1=O. The van der Waals surface area contributed by atoms with Gasteiger partial charge in [0.05, 0.1) is 5.70 Å². The predicted octanol–water partition coefficient (Wildman–Crippen LogP) is 0.953. The number of allylic oxidation sites excluding steroid dienone is 3. The second-order valence-corrected chi connectivity index (χ2v) is 3.49. The van der Waals surface area contributed by atoms with E-state index in [9.17, 15) is 9.59 Å². The molecule has 0 unspecified atom stereocenters. The van der Waals surface area contributed by atoms with Crippen LogP contribution in [0.25, 0.3) is 0 Å². The molecule has 3 nitrogen and oxygen atoms in total. The van der Waals surface area contributed by atoms with Crippen LogP contribution in [-0.2, 0) is 9.59 Å². The Morgan fingerprint density at radius 3 is 2.31 bits per heavy atom. The van der Waals surface area contributed by atoms with Gasteiger partial charge in [-0.1, -0.05) is 13.8 Å². The Kier molecular flexibility index (Phi) is 2.36. The van der Waals surface area contributed by atoms with Crippen molar-refractivity contribution in [2.24, 2.45) is 11.7 Å². The van der Waals surface area contributed by atoms with Gasteiger partial charge in [0.2, 0.25) is 5.78 Å². The first-order valence-electron chi connectivity index (χ1n) is 4.22. The molecule has 3 heteroatoms. The zero-order valence-electron chi connectivity index (χ0n) is 8.05. The van der Waals surface area contributed by atoms with Gasteiger partial charge in [0.15, 0.2) is 5.78 Å². The molecule has 0 spiro atoms. The molecule has 13 heavy (non-hydrogen) atoms. The van der Waals surface area contributed by atoms with Gasteiger partial charge in [-0.3, -0.25) is 9.59 Å². The Labute approximate surface area is 77.3 Å². The summed E-state index contributed by atoms with van der Waals surface area (Å²) in [5, 5.41) is 0. The first-order chi connectivity index (χ1) is 5.95. The van der Waals surface area contributed by atoms with Crippen molar-refractivity contribution in [1.82, 2.24) is 0 Å². The van der Waals surface area contributed by atoms with Gasteiger partial charge < -0.3 is 5.73 Å². The molecule has 0 aromatic heterocycles. The van der Waals surface area contributed by atoms with Crippen molar-refractivity contribution in [3.8, 4) is 0 Å². The second-order valence-electron chi connectivity index (χ2n) is 3.49. The molecule has 0 amide bonds. The van der Waals surface area contributed by atoms with E-state index in [1.54, 1.807) is 6.92 Å². The Hall–Kier alpha value is -1.38. The molecule has 0 aromatic carbocycles. The van der Waals surface area contributed by atoms with E-state index < -0.39 is 0 Å². The lowest BCUT2D eigenvalue weighted by atomic mass is 9.89. The summed E-state index contributed by atoms with van der Waals surface area (Å²) in [6, 6.07) is 0. The Morgan fingerprint density at radius 2 is 1.85 bits per heavy atom. The molecule has 70 valence electrons. The van der Waals surface area contributed by atoms with Crippen LogP contribution in [-0.4, -0.2) is 11.6 Å². The smallest absolute Gasteiger partial charge is 0.205 e. The zero-order chi connectivity index (χ0) is 10.2. The third-order valence-corrected chi connectivity index (χ3v) is 2.19. The third-order valence-electron chi connectivity index (χ3n) is 2.19. The predicted molar refractivity (Wildman–Crippen MR) is 49.8 cm³/mol. The van der Waals surface area contributed by atoms with Gasteiger partial charge >= 0.3 is 0 Å². The molecular formula is C10H13NO2. The molecule has 0 aromatic rings. The number of carbonyl (C=O) groups excluding carboxylic acids is 2. The van der Waals surface area contributed by atoms with Gasteiger partial charge in [0.25, 0.3) is 0 Å². The molecule has 0 saturated carbocycles. The molecule has 0 saturated heterocycles. The number of ketones is 2. The summed E-state index contributed by atoms with van der Waals surface area (Å²) in [5.41, 5.74) is 6.47. The quantitative estimate of drug-likeness (QED) is 0.610. The van der Waals surface area contributed by atoms with E-state index in [1.807, 2.05) is 13.8 Å². The van der Waals surface area contributed by atoms with E-state index in [0.717, 1.165) is 0 Å². The van der Waals surface area contributed by atoms with Crippen molar-refractivity contribution >= 4 is 11.6 Å². The molecule has 2 N–H and O–H groups in total. The minimum atomic E-state index is -0.202. The van der Waals surface area contributed by atoms with Crippen LogP contribution in [0, 0.1) is 5.92 Å². The largest absolute Gasteiger partial charge is 0.395 e. The van der Waals surface area contributed by atoms with Crippen LogP contribution < -0.4 is 5.73 Å². The van der Waals surface area contributed by atoms with Gasteiger partial charge in [-0.15, -0.1) is 0 Å². The fourth-order valence-corrected chi connectivity index (χ4v) is 1.20. The van der Waals surface area contributed by atoms with Crippen LogP contribution >= 0.6 is 0 Å². The maximum atomic E-state index is 11.5. The summed E-state index contributed by atoms with van der Waals surface area (Å²) in [7, 11) is 0. The third kappa shape index (κ3) is 1.54. The summed E-state index contributed by atoms with van der Waals surface area (Å²) in [6.07, 6.45) is 1.39. The highest BCUT2D eigenvalue weighted by Gasteiger charge is 2.25. The van der Waals surface area contributed by atoms with Crippen LogP contribution in [0.2, 0.25) is 0 Å². The van der Waals surface area contributed by atoms with Crippen molar-refractivity contribution in [3.63, 3.8) is 0 Å². The fraction of sp³-hybridized carbons (Fsp3) is 0.400. The second kappa shape index (κ2) is 3.17. The van der Waals surface area contributed by atoms with Gasteiger partial charge in [-0.25, -0.2) is 0 Å². The van der Waals surface area contributed by atoms with Crippen molar-refractivity contribution < 1.29 is 9.59 Å². The maximum Gasteiger partial charge on any atom is 0.205 e. The summed E-state index contributed by atoms with van der Waals surface area (Å²) in [5.74, 6) is -0.309. The number of Topliss-reactive ketones (excluding diaryl/α,β-unsaturated/α-hetero) is 1. The summed E-state index contributed by atoms with van der Waals surface area (Å²) in [4.78, 5) is 22.8. The van der Waals surface area contributed by atoms with E-state index in [1.165, 1.54) is 6.08 Å². The molecule has 1 rings (SSSR count). The highest BCUT2D eigenvalue weighted by molar-refractivity contribution is 6.22. The molecule has 0 atom stereocenters. The highest BCUT2D eigenvalue weighted by atomic mass is 16.1. The monoisotopic (exact) mass is 179 g/mol. The summed E-state index contributed by atoms with van der Waals surface area (Å²) < 4.78 is 0. The Morgan fingerprint density at radius 1 is 1.31 bits per heavy atom. The Balaban J connectivity index is 3.15. The molecule has 0 heterocycles. The van der Waals surface area contributed by atoms with Crippen molar-refractivity contribution in [1.29, 1.82) is 0 Å². The van der Waals surface area contributed by atoms with Gasteiger partial charge in [0.1, 0.15) is 0 Å². The molecular weight excluding hydrogens is 166 g/mol. The lowest BCUT2D eigenvalue weighted by Crippen LogP contribution is -2.25. The minimum Gasteiger partial charge on any atom is -0.395 e. The first-order valence-corrected chi connectivity index (χ1v) is 4.22. The standard InChI is InChI=1S/C10H13NO2/c1-5(2)7-4-8(12)6(3)9(11)10(7)13/h4-5H,11H2,1-3H3. The first kappa shape index (κ1) is 9.71. The molecule has 1 aliphatic rings. The molecule has 0 fully saturated rings. The average Bonchev–Trinajstić information content (AvgIpc) is 2.07. The van der Waals surface area contributed by atoms with Gasteiger partial charge in [-0.05, 0) is 18.9 Å². The molecule has 0 bridgehead atoms. The van der Waals surface area contributed by atoms with Crippen LogP contribution in [0.15, 0.2) is 22.9 Å². The maximum absolute atomic E-state index is 11.5. The average molecular weight is 179 g/mol. The van der Waals surface area contributed by atoms with E-state index >= 15 is 0 Å². The summed E-state index contributed by atoms with van der Waals surface area (Å²) in [6.45, 7) is 5.30. The van der Waals surface area contributed by atoms with E-state index in [0.29, 0.717) is 11.1 Å². The van der Waals surface area contributed by atoms with Crippen LogP contribution in [0.4, 0.5) is 0 Å². The molecule has 0 radical (unpaired) electrons. The highest BCUT2D eigenvalue weighted by Crippen LogP contribution is 2.20. The van der Waals surface area contributed by atoms with Crippen molar-refractivity contribution in [2.45, 2.75) is 20.8 Å². The number of carbonyl (C=O) groups is 2. The molecule has 1 aliphatic carbocycles. The number of nitrogens with two attached hydrogens (primary N) is 1. The number of hydrogen-bond acceptors (Lipinski definition) is 3. The topological polar surface area (TPSA) is 60.2 Å². The van der Waals surface area contributed by atoms with Crippen LogP contribution in [0.3, 0.4) is 0 Å². The minimum absolute atomic E-state index is 0.0445. The lowest BCUT2D eigenvalue weighted by molar-refractivity contribution is -0.116. The van der Waals surface area contributed by atoms with Crippen LogP contribution in [0.1, 0.15) is 20.8 Å². The van der Waals surface area contributed by atoms with Gasteiger partial charge in [-0.2, -0.15) is 0 Å². The normalized spacial score (nSPS) is 18.3. The van der Waals surface area contributed by atoms with E-state index in [4.69, 9.17) is 5.73 Å². The van der Waals surface area contributed by atoms with Crippen LogP contribution in [0.5, 0.6) is 0 Å². The lowest BCUT2D eigenvalue weighted by Gasteiger charge is -2.16. The zero-order valence-corrected chi connectivity index (χ0v) is 8.05. The number of rotatable bonds is 1. The van der Waals surface area contributed by atoms with Gasteiger partial charge in [0, 0.05) is 11.1 Å². The van der Waals surface area contributed by atoms with Crippen molar-refractivity contribution in [3.05, 3.63) is 22.9 Å².